The van der Waals surface area contributed by atoms with Gasteiger partial charge in [-0.2, -0.15) is 4.79 Å². The Morgan fingerprint density at radius 2 is 1.50 bits per heavy atom. The van der Waals surface area contributed by atoms with Gasteiger partial charge in [0.15, 0.2) is 0 Å². The van der Waals surface area contributed by atoms with Crippen molar-refractivity contribution in [1.82, 2.24) is 15.3 Å². The summed E-state index contributed by atoms with van der Waals surface area (Å²) in [7, 11) is 0. The van der Waals surface area contributed by atoms with Crippen LogP contribution in [0.2, 0.25) is 0 Å². The molecule has 4 amide bonds. The zero-order valence-corrected chi connectivity index (χ0v) is 10.7. The van der Waals surface area contributed by atoms with Gasteiger partial charge in [-0.1, -0.05) is 53.5 Å². The molecule has 2 aromatic carbocycles. The van der Waals surface area contributed by atoms with Crippen molar-refractivity contribution in [1.29, 1.82) is 0 Å². The van der Waals surface area contributed by atoms with Crippen LogP contribution < -0.4 is 10.3 Å². The number of hydrogen-bond donors (Lipinski definition) is 1. The van der Waals surface area contributed by atoms with Crippen LogP contribution in [0.25, 0.3) is 0 Å². The van der Waals surface area contributed by atoms with Crippen LogP contribution in [0, 0.1) is 0 Å². The van der Waals surface area contributed by atoms with Gasteiger partial charge in [0, 0.05) is 12.1 Å². The van der Waals surface area contributed by atoms with Crippen LogP contribution >= 0.6 is 0 Å². The van der Waals surface area contributed by atoms with Crippen molar-refractivity contribution in [3.8, 4) is 0 Å². The molecule has 3 rings (SSSR count). The van der Waals surface area contributed by atoms with Crippen molar-refractivity contribution in [2.24, 2.45) is 0 Å². The Morgan fingerprint density at radius 1 is 0.900 bits per heavy atom. The van der Waals surface area contributed by atoms with Crippen LogP contribution in [0.4, 0.5) is 15.3 Å². The predicted molar refractivity (Wildman–Crippen MR) is 74.1 cm³/mol. The van der Waals surface area contributed by atoms with Gasteiger partial charge in [-0.05, 0) is 5.56 Å². The average Bonchev–Trinajstić information content (AvgIpc) is 2.75. The van der Waals surface area contributed by atoms with Gasteiger partial charge in [0.1, 0.15) is 6.54 Å². The molecule has 1 N–H and O–H groups in total. The minimum absolute atomic E-state index is 0.341. The van der Waals surface area contributed by atoms with Gasteiger partial charge in [0.05, 0.1) is 5.01 Å². The van der Waals surface area contributed by atoms with Crippen LogP contribution in [-0.2, 0) is 6.54 Å². The summed E-state index contributed by atoms with van der Waals surface area (Å²) >= 11 is 0. The number of hydrogen-bond acceptors (Lipinski definition) is 2. The molecule has 0 saturated carbocycles. The summed E-state index contributed by atoms with van der Waals surface area (Å²) in [6.45, 7) is 0.341. The van der Waals surface area contributed by atoms with Crippen LogP contribution in [0.1, 0.15) is 5.56 Å². The van der Waals surface area contributed by atoms with Crippen molar-refractivity contribution in [2.75, 3.05) is 0 Å². The fourth-order valence-electron chi connectivity index (χ4n) is 2.13. The van der Waals surface area contributed by atoms with E-state index in [-0.39, 0.29) is 0 Å². The summed E-state index contributed by atoms with van der Waals surface area (Å²) in [5.74, 6) is 0. The van der Waals surface area contributed by atoms with E-state index in [1.54, 1.807) is 12.1 Å². The summed E-state index contributed by atoms with van der Waals surface area (Å²) in [6.07, 6.45) is 0. The van der Waals surface area contributed by atoms with Gasteiger partial charge in [-0.15, -0.1) is 0 Å². The average molecular weight is 267 g/mol. The largest absolute Gasteiger partial charge is 0.507 e. The van der Waals surface area contributed by atoms with Crippen LogP contribution in [0.15, 0.2) is 60.7 Å². The number of benzene rings is 2. The third kappa shape index (κ3) is 2.26. The number of para-hydroxylation sites is 1. The molecule has 0 aliphatic carbocycles. The second kappa shape index (κ2) is 5.14. The molecule has 99 valence electrons. The first kappa shape index (κ1) is 12.4. The number of carbonyl (C=O) groups excluding carboxylic acids is 2. The summed E-state index contributed by atoms with van der Waals surface area (Å²) in [6, 6.07) is 17.8. The quantitative estimate of drug-likeness (QED) is 0.869. The predicted octanol–water partition coefficient (Wildman–Crippen LogP) is 2.72. The Morgan fingerprint density at radius 3 is 2.15 bits per heavy atom. The van der Waals surface area contributed by atoms with E-state index >= 15 is 0 Å². The molecule has 0 spiro atoms. The number of urea groups is 2. The third-order valence-electron chi connectivity index (χ3n) is 3.06. The van der Waals surface area contributed by atoms with Crippen LogP contribution in [0.5, 0.6) is 0 Å². The summed E-state index contributed by atoms with van der Waals surface area (Å²) in [5, 5.41) is 5.06. The van der Waals surface area contributed by atoms with Gasteiger partial charge >= 0.3 is 12.1 Å². The number of amides is 4. The minimum atomic E-state index is -0.433. The highest BCUT2D eigenvalue weighted by atomic mass is 16.2. The van der Waals surface area contributed by atoms with Crippen molar-refractivity contribution in [3.05, 3.63) is 66.2 Å². The SMILES string of the molecule is O=C1NC(=O)[N+](c2ccccc2)N1Cc1ccccc1. The lowest BCUT2D eigenvalue weighted by Gasteiger charge is -2.12. The molecule has 2 aromatic rings. The van der Waals surface area contributed by atoms with E-state index in [0.717, 1.165) is 5.56 Å². The van der Waals surface area contributed by atoms with Gasteiger partial charge in [0.2, 0.25) is 5.69 Å². The smallest absolute Gasteiger partial charge is 0.243 e. The molecular weight excluding hydrogens is 254 g/mol. The molecular formula is C15H13N3O2+. The molecule has 0 atom stereocenters. The van der Waals surface area contributed by atoms with Crippen LogP contribution in [0.3, 0.4) is 0 Å². The van der Waals surface area contributed by atoms with Gasteiger partial charge in [-0.25, -0.2) is 10.1 Å². The van der Waals surface area contributed by atoms with E-state index in [1.807, 2.05) is 48.5 Å². The zero-order chi connectivity index (χ0) is 13.9. The molecule has 20 heavy (non-hydrogen) atoms. The fourth-order valence-corrected chi connectivity index (χ4v) is 2.13. The number of nitrogens with zero attached hydrogens (tertiary/aromatic N) is 2. The second-order valence-corrected chi connectivity index (χ2v) is 4.43. The first-order valence-corrected chi connectivity index (χ1v) is 6.27. The van der Waals surface area contributed by atoms with Crippen molar-refractivity contribution in [3.63, 3.8) is 0 Å². The highest BCUT2D eigenvalue weighted by Crippen LogP contribution is 2.21. The van der Waals surface area contributed by atoms with E-state index in [4.69, 9.17) is 0 Å². The monoisotopic (exact) mass is 267 g/mol. The van der Waals surface area contributed by atoms with Crippen molar-refractivity contribution < 1.29 is 9.59 Å². The van der Waals surface area contributed by atoms with E-state index in [2.05, 4.69) is 5.32 Å². The van der Waals surface area contributed by atoms with E-state index in [1.165, 1.54) is 10.0 Å². The summed E-state index contributed by atoms with van der Waals surface area (Å²) in [5.41, 5.74) is 1.62. The van der Waals surface area contributed by atoms with E-state index in [0.29, 0.717) is 12.2 Å². The number of anilines is 1. The lowest BCUT2D eigenvalue weighted by molar-refractivity contribution is 0.167. The van der Waals surface area contributed by atoms with Gasteiger partial charge < -0.3 is 0 Å². The van der Waals surface area contributed by atoms with E-state index < -0.39 is 12.1 Å². The second-order valence-electron chi connectivity index (χ2n) is 4.43. The number of rotatable bonds is 3. The third-order valence-corrected chi connectivity index (χ3v) is 3.06. The molecule has 1 aliphatic heterocycles. The molecule has 1 radical (unpaired) electrons. The highest BCUT2D eigenvalue weighted by molar-refractivity contribution is 6.02. The molecule has 0 bridgehead atoms. The van der Waals surface area contributed by atoms with Gasteiger partial charge in [-0.3, -0.25) is 0 Å². The Balaban J connectivity index is 1.91. The Labute approximate surface area is 116 Å². The minimum Gasteiger partial charge on any atom is -0.243 e. The first-order valence-electron chi connectivity index (χ1n) is 6.27. The topological polar surface area (TPSA) is 55.3 Å². The number of imide groups is 1. The number of carbonyl (C=O) groups is 2. The molecule has 1 saturated heterocycles. The maximum absolute atomic E-state index is 11.9. The number of nitrogens with one attached hydrogen (secondary N) is 1. The molecule has 1 fully saturated rings. The molecule has 1 heterocycles. The zero-order valence-electron chi connectivity index (χ0n) is 10.7. The first-order chi connectivity index (χ1) is 9.75. The Bertz CT molecular complexity index is 628. The highest BCUT2D eigenvalue weighted by Gasteiger charge is 2.49. The van der Waals surface area contributed by atoms with Crippen LogP contribution in [-0.4, -0.2) is 17.1 Å². The Hall–Kier alpha value is -2.66. The lowest BCUT2D eigenvalue weighted by Crippen LogP contribution is -2.40. The Kier molecular flexibility index (Phi) is 3.18. The summed E-state index contributed by atoms with van der Waals surface area (Å²) < 4.78 is 0. The lowest BCUT2D eigenvalue weighted by atomic mass is 10.2. The normalized spacial score (nSPS) is 15.5. The van der Waals surface area contributed by atoms with Crippen molar-refractivity contribution >= 4 is 17.7 Å². The fraction of sp³-hybridized carbons (Fsp3) is 0.0667. The maximum Gasteiger partial charge on any atom is 0.507 e. The maximum atomic E-state index is 11.9. The standard InChI is InChI=1S/C15H13N3O2/c19-14-16-15(20)18(13-9-5-2-6-10-13)17(14)11-12-7-3-1-4-8-12/h1-10H,11H2,(H,16,19,20)/q+1. The molecule has 1 aliphatic rings. The molecule has 0 unspecified atom stereocenters. The van der Waals surface area contributed by atoms with Gasteiger partial charge in [0.25, 0.3) is 0 Å². The van der Waals surface area contributed by atoms with Crippen molar-refractivity contribution in [2.45, 2.75) is 6.54 Å². The number of hydrazine groups is 1. The summed E-state index contributed by atoms with van der Waals surface area (Å²) in [4.78, 5) is 23.9. The molecule has 5 heteroatoms. The molecule has 0 aromatic heterocycles. The molecule has 5 nitrogen and oxygen atoms in total. The van der Waals surface area contributed by atoms with E-state index in [9.17, 15) is 9.59 Å².